The lowest BCUT2D eigenvalue weighted by Crippen LogP contribution is -2.40. The SMILES string of the molecule is CC(C)C(NC(=O)CN(C)CCOc1ccccc1F)c1ccc(F)cc1. The Hall–Kier alpha value is -2.47. The summed E-state index contributed by atoms with van der Waals surface area (Å²) < 4.78 is 32.0. The Kier molecular flexibility index (Phi) is 7.73. The van der Waals surface area contributed by atoms with E-state index in [1.54, 1.807) is 42.3 Å². The van der Waals surface area contributed by atoms with Gasteiger partial charge in [-0.1, -0.05) is 38.1 Å². The largest absolute Gasteiger partial charge is 0.489 e. The zero-order valence-corrected chi connectivity index (χ0v) is 15.9. The number of para-hydroxylation sites is 1. The van der Waals surface area contributed by atoms with Gasteiger partial charge in [-0.25, -0.2) is 8.78 Å². The Morgan fingerprint density at radius 2 is 1.78 bits per heavy atom. The molecule has 0 spiro atoms. The van der Waals surface area contributed by atoms with Crippen LogP contribution in [0, 0.1) is 17.6 Å². The molecule has 4 nitrogen and oxygen atoms in total. The summed E-state index contributed by atoms with van der Waals surface area (Å²) in [6.45, 7) is 4.94. The molecule has 0 saturated heterocycles. The van der Waals surface area contributed by atoms with Gasteiger partial charge in [0.25, 0.3) is 0 Å². The van der Waals surface area contributed by atoms with Gasteiger partial charge in [-0.2, -0.15) is 0 Å². The van der Waals surface area contributed by atoms with Crippen LogP contribution in [-0.4, -0.2) is 37.6 Å². The first kappa shape index (κ1) is 20.8. The number of amides is 1. The molecule has 0 fully saturated rings. The molecule has 0 radical (unpaired) electrons. The topological polar surface area (TPSA) is 41.6 Å². The van der Waals surface area contributed by atoms with Gasteiger partial charge in [-0.15, -0.1) is 0 Å². The molecule has 1 N–H and O–H groups in total. The monoisotopic (exact) mass is 376 g/mol. The molecule has 0 saturated carbocycles. The molecule has 0 bridgehead atoms. The van der Waals surface area contributed by atoms with Crippen LogP contribution in [0.1, 0.15) is 25.5 Å². The lowest BCUT2D eigenvalue weighted by Gasteiger charge is -2.24. The number of nitrogens with zero attached hydrogens (tertiary/aromatic N) is 1. The number of hydrogen-bond acceptors (Lipinski definition) is 3. The number of benzene rings is 2. The fraction of sp³-hybridized carbons (Fsp3) is 0.381. The predicted octanol–water partition coefficient (Wildman–Crippen LogP) is 3.79. The van der Waals surface area contributed by atoms with Crippen molar-refractivity contribution >= 4 is 5.91 Å². The van der Waals surface area contributed by atoms with Gasteiger partial charge in [0, 0.05) is 6.54 Å². The van der Waals surface area contributed by atoms with E-state index in [0.29, 0.717) is 6.54 Å². The minimum atomic E-state index is -0.406. The van der Waals surface area contributed by atoms with Crippen molar-refractivity contribution in [2.24, 2.45) is 5.92 Å². The highest BCUT2D eigenvalue weighted by Crippen LogP contribution is 2.22. The highest BCUT2D eigenvalue weighted by atomic mass is 19.1. The third kappa shape index (κ3) is 6.64. The maximum Gasteiger partial charge on any atom is 0.234 e. The summed E-state index contributed by atoms with van der Waals surface area (Å²) in [5.74, 6) is -0.480. The van der Waals surface area contributed by atoms with E-state index in [9.17, 15) is 13.6 Å². The molecule has 0 aromatic heterocycles. The molecule has 2 rings (SSSR count). The molecule has 6 heteroatoms. The van der Waals surface area contributed by atoms with E-state index in [1.165, 1.54) is 18.2 Å². The summed E-state index contributed by atoms with van der Waals surface area (Å²) in [6.07, 6.45) is 0. The van der Waals surface area contributed by atoms with Gasteiger partial charge in [0.2, 0.25) is 5.91 Å². The third-order valence-electron chi connectivity index (χ3n) is 4.19. The average molecular weight is 376 g/mol. The van der Waals surface area contributed by atoms with Crippen LogP contribution in [0.3, 0.4) is 0 Å². The van der Waals surface area contributed by atoms with Crippen LogP contribution in [0.2, 0.25) is 0 Å². The summed E-state index contributed by atoms with van der Waals surface area (Å²) in [7, 11) is 1.80. The van der Waals surface area contributed by atoms with Crippen molar-refractivity contribution in [2.45, 2.75) is 19.9 Å². The smallest absolute Gasteiger partial charge is 0.234 e. The third-order valence-corrected chi connectivity index (χ3v) is 4.19. The van der Waals surface area contributed by atoms with Crippen LogP contribution < -0.4 is 10.1 Å². The molecular formula is C21H26F2N2O2. The van der Waals surface area contributed by atoms with Gasteiger partial charge < -0.3 is 10.1 Å². The minimum absolute atomic E-state index is 0.133. The minimum Gasteiger partial charge on any atom is -0.489 e. The maximum atomic E-state index is 13.5. The molecule has 2 aromatic rings. The van der Waals surface area contributed by atoms with Crippen molar-refractivity contribution in [1.29, 1.82) is 0 Å². The Balaban J connectivity index is 1.82. The van der Waals surface area contributed by atoms with E-state index < -0.39 is 5.82 Å². The lowest BCUT2D eigenvalue weighted by molar-refractivity contribution is -0.123. The van der Waals surface area contributed by atoms with Gasteiger partial charge in [0.15, 0.2) is 11.6 Å². The van der Waals surface area contributed by atoms with Gasteiger partial charge in [0.1, 0.15) is 12.4 Å². The quantitative estimate of drug-likeness (QED) is 0.724. The summed E-state index contributed by atoms with van der Waals surface area (Å²) in [4.78, 5) is 14.2. The number of nitrogens with one attached hydrogen (secondary N) is 1. The van der Waals surface area contributed by atoms with E-state index in [2.05, 4.69) is 5.32 Å². The number of likely N-dealkylation sites (N-methyl/N-ethyl adjacent to an activating group) is 1. The highest BCUT2D eigenvalue weighted by Gasteiger charge is 2.19. The second-order valence-corrected chi connectivity index (χ2v) is 6.86. The molecule has 2 aromatic carbocycles. The summed E-state index contributed by atoms with van der Waals surface area (Å²) >= 11 is 0. The second-order valence-electron chi connectivity index (χ2n) is 6.86. The maximum absolute atomic E-state index is 13.5. The molecule has 1 atom stereocenters. The molecule has 27 heavy (non-hydrogen) atoms. The number of carbonyl (C=O) groups is 1. The normalized spacial score (nSPS) is 12.3. The van der Waals surface area contributed by atoms with Crippen LogP contribution in [0.4, 0.5) is 8.78 Å². The number of carbonyl (C=O) groups excluding carboxylic acids is 1. The highest BCUT2D eigenvalue weighted by molar-refractivity contribution is 5.78. The van der Waals surface area contributed by atoms with Crippen molar-refractivity contribution in [3.63, 3.8) is 0 Å². The van der Waals surface area contributed by atoms with E-state index in [4.69, 9.17) is 4.74 Å². The summed E-state index contributed by atoms with van der Waals surface area (Å²) in [5.41, 5.74) is 0.866. The van der Waals surface area contributed by atoms with Crippen LogP contribution >= 0.6 is 0 Å². The van der Waals surface area contributed by atoms with Crippen LogP contribution in [0.5, 0.6) is 5.75 Å². The predicted molar refractivity (Wildman–Crippen MR) is 102 cm³/mol. The molecular weight excluding hydrogens is 350 g/mol. The van der Waals surface area contributed by atoms with Crippen LogP contribution in [0.15, 0.2) is 48.5 Å². The Morgan fingerprint density at radius 1 is 1.11 bits per heavy atom. The number of hydrogen-bond donors (Lipinski definition) is 1. The van der Waals surface area contributed by atoms with Crippen molar-refractivity contribution in [3.8, 4) is 5.75 Å². The van der Waals surface area contributed by atoms with Crippen LogP contribution in [-0.2, 0) is 4.79 Å². The number of rotatable bonds is 9. The van der Waals surface area contributed by atoms with Crippen molar-refractivity contribution in [3.05, 3.63) is 65.7 Å². The van der Waals surface area contributed by atoms with Crippen molar-refractivity contribution in [2.75, 3.05) is 26.7 Å². The zero-order valence-electron chi connectivity index (χ0n) is 15.9. The van der Waals surface area contributed by atoms with Crippen LogP contribution in [0.25, 0.3) is 0 Å². The molecule has 0 heterocycles. The molecule has 0 aliphatic rings. The van der Waals surface area contributed by atoms with Gasteiger partial charge in [-0.3, -0.25) is 9.69 Å². The molecule has 1 amide bonds. The summed E-state index contributed by atoms with van der Waals surface area (Å²) in [6, 6.07) is 12.2. The van der Waals surface area contributed by atoms with E-state index >= 15 is 0 Å². The van der Waals surface area contributed by atoms with Gasteiger partial charge in [0.05, 0.1) is 12.6 Å². The average Bonchev–Trinajstić information content (AvgIpc) is 2.62. The number of halogens is 2. The second kappa shape index (κ2) is 10.0. The lowest BCUT2D eigenvalue weighted by atomic mass is 9.96. The Morgan fingerprint density at radius 3 is 2.41 bits per heavy atom. The van der Waals surface area contributed by atoms with E-state index in [-0.39, 0.29) is 42.6 Å². The first-order chi connectivity index (χ1) is 12.9. The number of ether oxygens (including phenoxy) is 1. The molecule has 0 aliphatic heterocycles. The van der Waals surface area contributed by atoms with Gasteiger partial charge >= 0.3 is 0 Å². The molecule has 1 unspecified atom stereocenters. The molecule has 146 valence electrons. The first-order valence-corrected chi connectivity index (χ1v) is 8.97. The summed E-state index contributed by atoms with van der Waals surface area (Å²) in [5, 5.41) is 3.00. The van der Waals surface area contributed by atoms with E-state index in [0.717, 1.165) is 5.56 Å². The molecule has 0 aliphatic carbocycles. The first-order valence-electron chi connectivity index (χ1n) is 8.97. The fourth-order valence-electron chi connectivity index (χ4n) is 2.72. The van der Waals surface area contributed by atoms with Gasteiger partial charge in [-0.05, 0) is 42.8 Å². The fourth-order valence-corrected chi connectivity index (χ4v) is 2.72. The van der Waals surface area contributed by atoms with Crippen molar-refractivity contribution < 1.29 is 18.3 Å². The van der Waals surface area contributed by atoms with Crippen molar-refractivity contribution in [1.82, 2.24) is 10.2 Å². The standard InChI is InChI=1S/C21H26F2N2O2/c1-15(2)21(16-8-10-17(22)11-9-16)24-20(26)14-25(3)12-13-27-19-7-5-4-6-18(19)23/h4-11,15,21H,12-14H2,1-3H3,(H,24,26). The Bertz CT molecular complexity index is 735. The zero-order chi connectivity index (χ0) is 19.8. The Labute approximate surface area is 159 Å². The van der Waals surface area contributed by atoms with E-state index in [1.807, 2.05) is 13.8 Å².